The van der Waals surface area contributed by atoms with Crippen LogP contribution >= 0.6 is 0 Å². The minimum absolute atomic E-state index is 0.140. The first-order chi connectivity index (χ1) is 18.4. The molecule has 1 atom stereocenters. The van der Waals surface area contributed by atoms with E-state index >= 15 is 0 Å². The Labute approximate surface area is 224 Å². The van der Waals surface area contributed by atoms with Crippen LogP contribution in [0, 0.1) is 0 Å². The monoisotopic (exact) mass is 507 g/mol. The fourth-order valence-corrected chi connectivity index (χ4v) is 4.28. The molecule has 0 heterocycles. The van der Waals surface area contributed by atoms with Crippen LogP contribution < -0.4 is 15.0 Å². The van der Waals surface area contributed by atoms with Gasteiger partial charge in [0.1, 0.15) is 11.8 Å². The van der Waals surface area contributed by atoms with Gasteiger partial charge >= 0.3 is 0 Å². The quantitative estimate of drug-likeness (QED) is 0.299. The van der Waals surface area contributed by atoms with Gasteiger partial charge in [-0.25, -0.2) is 0 Å². The van der Waals surface area contributed by atoms with E-state index in [0.29, 0.717) is 5.69 Å². The van der Waals surface area contributed by atoms with E-state index in [4.69, 9.17) is 4.74 Å². The summed E-state index contributed by atoms with van der Waals surface area (Å²) in [6.45, 7) is 0.266. The van der Waals surface area contributed by atoms with Gasteiger partial charge < -0.3 is 19.9 Å². The molecule has 1 N–H and O–H groups in total. The van der Waals surface area contributed by atoms with Crippen LogP contribution in [0.15, 0.2) is 109 Å². The highest BCUT2D eigenvalue weighted by Gasteiger charge is 2.31. The molecule has 4 aromatic carbocycles. The van der Waals surface area contributed by atoms with E-state index in [9.17, 15) is 9.59 Å². The van der Waals surface area contributed by atoms with Gasteiger partial charge in [0, 0.05) is 32.0 Å². The Morgan fingerprint density at radius 3 is 1.95 bits per heavy atom. The van der Waals surface area contributed by atoms with Gasteiger partial charge in [0.05, 0.1) is 13.5 Å². The van der Waals surface area contributed by atoms with Gasteiger partial charge in [-0.2, -0.15) is 0 Å². The van der Waals surface area contributed by atoms with Crippen LogP contribution in [0.3, 0.4) is 0 Å². The van der Waals surface area contributed by atoms with Crippen molar-refractivity contribution in [3.63, 3.8) is 0 Å². The van der Waals surface area contributed by atoms with Crippen LogP contribution in [-0.2, 0) is 22.6 Å². The summed E-state index contributed by atoms with van der Waals surface area (Å²) in [4.78, 5) is 31.4. The van der Waals surface area contributed by atoms with Gasteiger partial charge in [0.25, 0.3) is 5.91 Å². The van der Waals surface area contributed by atoms with E-state index in [1.807, 2.05) is 128 Å². The van der Waals surface area contributed by atoms with Crippen molar-refractivity contribution in [3.8, 4) is 5.75 Å². The van der Waals surface area contributed by atoms with Crippen LogP contribution in [0.5, 0.6) is 5.75 Å². The van der Waals surface area contributed by atoms with Crippen LogP contribution in [-0.4, -0.2) is 37.9 Å². The van der Waals surface area contributed by atoms with Crippen molar-refractivity contribution >= 4 is 23.2 Å². The number of rotatable bonds is 10. The van der Waals surface area contributed by atoms with E-state index < -0.39 is 6.04 Å². The van der Waals surface area contributed by atoms with Gasteiger partial charge in [-0.3, -0.25) is 9.59 Å². The molecule has 4 rings (SSSR count). The molecule has 0 fully saturated rings. The molecule has 0 bridgehead atoms. The zero-order chi connectivity index (χ0) is 26.9. The molecule has 0 radical (unpaired) electrons. The lowest BCUT2D eigenvalue weighted by molar-refractivity contribution is -0.139. The van der Waals surface area contributed by atoms with Crippen molar-refractivity contribution in [2.75, 3.05) is 31.4 Å². The minimum Gasteiger partial charge on any atom is -0.497 e. The fraction of sp³-hybridized carbons (Fsp3) is 0.188. The Balaban J connectivity index is 1.69. The maximum absolute atomic E-state index is 13.9. The van der Waals surface area contributed by atoms with E-state index in [1.54, 1.807) is 12.0 Å². The van der Waals surface area contributed by atoms with Crippen LogP contribution in [0.1, 0.15) is 22.7 Å². The maximum Gasteiger partial charge on any atom is 0.251 e. The number of nitrogens with one attached hydrogen (secondary N) is 1. The maximum atomic E-state index is 13.9. The normalized spacial score (nSPS) is 11.3. The molecule has 38 heavy (non-hydrogen) atoms. The fourth-order valence-electron chi connectivity index (χ4n) is 4.28. The number of carbonyl (C=O) groups excluding carboxylic acids is 2. The lowest BCUT2D eigenvalue weighted by Crippen LogP contribution is -2.41. The number of hydrogen-bond donors (Lipinski definition) is 1. The molecule has 0 saturated carbocycles. The second-order valence-electron chi connectivity index (χ2n) is 9.28. The SMILES string of the molecule is COc1ccc(CN(C(=O)Cc2ccccc2)C(C(=O)Nc2ccc(N(C)C)cc2)c2ccccc2)cc1. The third-order valence-corrected chi connectivity index (χ3v) is 6.36. The number of nitrogens with zero attached hydrogens (tertiary/aromatic N) is 2. The molecule has 1 unspecified atom stereocenters. The topological polar surface area (TPSA) is 61.9 Å². The molecule has 0 aliphatic carbocycles. The summed E-state index contributed by atoms with van der Waals surface area (Å²) in [6.07, 6.45) is 0.186. The van der Waals surface area contributed by atoms with E-state index in [0.717, 1.165) is 28.1 Å². The van der Waals surface area contributed by atoms with Crippen molar-refractivity contribution in [2.24, 2.45) is 0 Å². The molecular weight excluding hydrogens is 474 g/mol. The summed E-state index contributed by atoms with van der Waals surface area (Å²) in [6, 6.07) is 33.4. The lowest BCUT2D eigenvalue weighted by atomic mass is 10.0. The molecule has 0 aliphatic heterocycles. The molecule has 4 aromatic rings. The van der Waals surface area contributed by atoms with E-state index in [-0.39, 0.29) is 24.8 Å². The molecular formula is C32H33N3O3. The Hall–Kier alpha value is -4.58. The standard InChI is InChI=1S/C32H33N3O3/c1-34(2)28-18-16-27(17-19-28)33-32(37)31(26-12-8-5-9-13-26)35(23-25-14-20-29(38-3)21-15-25)30(36)22-24-10-6-4-7-11-24/h4-21,31H,22-23H2,1-3H3,(H,33,37). The van der Waals surface area contributed by atoms with E-state index in [2.05, 4.69) is 5.32 Å². The van der Waals surface area contributed by atoms with Crippen molar-refractivity contribution < 1.29 is 14.3 Å². The molecule has 0 aliphatic rings. The summed E-state index contributed by atoms with van der Waals surface area (Å²) >= 11 is 0. The van der Waals surface area contributed by atoms with Crippen molar-refractivity contribution in [3.05, 3.63) is 126 Å². The first-order valence-corrected chi connectivity index (χ1v) is 12.5. The molecule has 0 spiro atoms. The summed E-state index contributed by atoms with van der Waals surface area (Å²) in [7, 11) is 5.55. The Kier molecular flexibility index (Phi) is 8.77. The van der Waals surface area contributed by atoms with Crippen molar-refractivity contribution in [1.82, 2.24) is 4.90 Å². The van der Waals surface area contributed by atoms with Gasteiger partial charge in [-0.15, -0.1) is 0 Å². The number of methoxy groups -OCH3 is 1. The first kappa shape index (κ1) is 26.5. The lowest BCUT2D eigenvalue weighted by Gasteiger charge is -2.32. The van der Waals surface area contributed by atoms with Crippen LogP contribution in [0.2, 0.25) is 0 Å². The summed E-state index contributed by atoms with van der Waals surface area (Å²) < 4.78 is 5.30. The molecule has 0 aromatic heterocycles. The second kappa shape index (κ2) is 12.6. The van der Waals surface area contributed by atoms with Crippen molar-refractivity contribution in [1.29, 1.82) is 0 Å². The molecule has 2 amide bonds. The minimum atomic E-state index is -0.831. The average Bonchev–Trinajstić information content (AvgIpc) is 2.94. The number of amides is 2. The highest BCUT2D eigenvalue weighted by molar-refractivity contribution is 5.98. The largest absolute Gasteiger partial charge is 0.497 e. The third-order valence-electron chi connectivity index (χ3n) is 6.36. The van der Waals surface area contributed by atoms with Gasteiger partial charge in [0.15, 0.2) is 0 Å². The highest BCUT2D eigenvalue weighted by atomic mass is 16.5. The molecule has 6 nitrogen and oxygen atoms in total. The summed E-state index contributed by atoms with van der Waals surface area (Å²) in [5.41, 5.74) is 4.23. The molecule has 194 valence electrons. The Bertz CT molecular complexity index is 1320. The predicted octanol–water partition coefficient (Wildman–Crippen LogP) is 5.71. The zero-order valence-corrected chi connectivity index (χ0v) is 22.0. The van der Waals surface area contributed by atoms with Crippen LogP contribution in [0.25, 0.3) is 0 Å². The van der Waals surface area contributed by atoms with Gasteiger partial charge in [-0.1, -0.05) is 72.8 Å². The Morgan fingerprint density at radius 2 is 1.37 bits per heavy atom. The number of carbonyl (C=O) groups is 2. The predicted molar refractivity (Wildman–Crippen MR) is 152 cm³/mol. The summed E-state index contributed by atoms with van der Waals surface area (Å²) in [5.74, 6) is 0.317. The van der Waals surface area contributed by atoms with Gasteiger partial charge in [-0.05, 0) is 53.1 Å². The van der Waals surface area contributed by atoms with Crippen molar-refractivity contribution in [2.45, 2.75) is 19.0 Å². The molecule has 0 saturated heterocycles. The van der Waals surface area contributed by atoms with E-state index in [1.165, 1.54) is 0 Å². The van der Waals surface area contributed by atoms with Crippen LogP contribution in [0.4, 0.5) is 11.4 Å². The number of benzene rings is 4. The number of ether oxygens (including phenoxy) is 1. The van der Waals surface area contributed by atoms with Gasteiger partial charge in [0.2, 0.25) is 5.91 Å². The zero-order valence-electron chi connectivity index (χ0n) is 22.0. The first-order valence-electron chi connectivity index (χ1n) is 12.5. The average molecular weight is 508 g/mol. The Morgan fingerprint density at radius 1 is 0.763 bits per heavy atom. The summed E-state index contributed by atoms with van der Waals surface area (Å²) in [5, 5.41) is 3.04. The number of hydrogen-bond acceptors (Lipinski definition) is 4. The highest BCUT2D eigenvalue weighted by Crippen LogP contribution is 2.27. The molecule has 6 heteroatoms. The second-order valence-corrected chi connectivity index (χ2v) is 9.28. The number of anilines is 2. The smallest absolute Gasteiger partial charge is 0.251 e. The third kappa shape index (κ3) is 6.79.